The zero-order chi connectivity index (χ0) is 13.1. The van der Waals surface area contributed by atoms with Gasteiger partial charge in [0.05, 0.1) is 11.7 Å². The normalized spacial score (nSPS) is 21.2. The van der Waals surface area contributed by atoms with E-state index in [-0.39, 0.29) is 0 Å². The van der Waals surface area contributed by atoms with E-state index in [2.05, 4.69) is 37.8 Å². The van der Waals surface area contributed by atoms with Crippen LogP contribution < -0.4 is 0 Å². The monoisotopic (exact) mass is 325 g/mol. The van der Waals surface area contributed by atoms with Crippen molar-refractivity contribution in [2.24, 2.45) is 0 Å². The predicted octanol–water partition coefficient (Wildman–Crippen LogP) is 3.75. The lowest BCUT2D eigenvalue weighted by Crippen LogP contribution is -2.40. The number of hydrogen-bond acceptors (Lipinski definition) is 2. The van der Waals surface area contributed by atoms with Crippen LogP contribution in [-0.4, -0.2) is 32.6 Å². The molecule has 1 aromatic rings. The van der Waals surface area contributed by atoms with Crippen LogP contribution in [0.1, 0.15) is 56.7 Å². The van der Waals surface area contributed by atoms with Gasteiger partial charge in [0.25, 0.3) is 0 Å². The van der Waals surface area contributed by atoms with Gasteiger partial charge in [-0.3, -0.25) is 9.58 Å². The van der Waals surface area contributed by atoms with E-state index in [4.69, 9.17) is 5.10 Å². The van der Waals surface area contributed by atoms with Crippen molar-refractivity contribution < 1.29 is 0 Å². The molecule has 2 aliphatic rings. The number of nitrogens with zero attached hydrogens (tertiary/aromatic N) is 3. The summed E-state index contributed by atoms with van der Waals surface area (Å²) >= 11 is 3.58. The van der Waals surface area contributed by atoms with Crippen LogP contribution in [0.4, 0.5) is 0 Å². The van der Waals surface area contributed by atoms with Crippen LogP contribution in [0.25, 0.3) is 0 Å². The minimum Gasteiger partial charge on any atom is -0.294 e. The van der Waals surface area contributed by atoms with Crippen molar-refractivity contribution in [3.8, 4) is 0 Å². The summed E-state index contributed by atoms with van der Waals surface area (Å²) in [4.78, 5) is 2.60. The second-order valence-corrected chi connectivity index (χ2v) is 6.76. The summed E-state index contributed by atoms with van der Waals surface area (Å²) in [5.41, 5.74) is 1.25. The highest BCUT2D eigenvalue weighted by atomic mass is 79.9. The molecule has 0 atom stereocenters. The summed E-state index contributed by atoms with van der Waals surface area (Å²) in [6, 6.07) is 3.69. The van der Waals surface area contributed by atoms with E-state index in [1.165, 1.54) is 50.6 Å². The molecule has 0 aromatic carbocycles. The molecule has 2 fully saturated rings. The van der Waals surface area contributed by atoms with Gasteiger partial charge in [-0.2, -0.15) is 5.10 Å². The van der Waals surface area contributed by atoms with Crippen molar-refractivity contribution in [2.45, 2.75) is 63.6 Å². The van der Waals surface area contributed by atoms with E-state index in [1.807, 2.05) is 0 Å². The third-order valence-corrected chi connectivity index (χ3v) is 5.04. The van der Waals surface area contributed by atoms with E-state index >= 15 is 0 Å². The first-order chi connectivity index (χ1) is 9.36. The molecule has 3 nitrogen and oxygen atoms in total. The predicted molar refractivity (Wildman–Crippen MR) is 81.6 cm³/mol. The van der Waals surface area contributed by atoms with Gasteiger partial charge in [-0.25, -0.2) is 0 Å². The van der Waals surface area contributed by atoms with Gasteiger partial charge in [0, 0.05) is 30.7 Å². The largest absolute Gasteiger partial charge is 0.294 e. The summed E-state index contributed by atoms with van der Waals surface area (Å²) < 4.78 is 2.22. The third kappa shape index (κ3) is 3.22. The Balaban J connectivity index is 1.61. The molecular weight excluding hydrogens is 302 g/mol. The Kier molecular flexibility index (Phi) is 4.59. The number of rotatable bonds is 6. The molecule has 0 radical (unpaired) electrons. The summed E-state index contributed by atoms with van der Waals surface area (Å²) in [5, 5.41) is 5.88. The molecule has 19 heavy (non-hydrogen) atoms. The average Bonchev–Trinajstić information content (AvgIpc) is 2.95. The quantitative estimate of drug-likeness (QED) is 0.743. The Morgan fingerprint density at radius 1 is 1.21 bits per heavy atom. The fraction of sp³-hybridized carbons (Fsp3) is 0.800. The third-order valence-electron chi connectivity index (χ3n) is 4.69. The second kappa shape index (κ2) is 6.40. The first-order valence-electron chi connectivity index (χ1n) is 7.71. The molecule has 0 saturated heterocycles. The topological polar surface area (TPSA) is 21.1 Å². The van der Waals surface area contributed by atoms with E-state index in [9.17, 15) is 0 Å². The number of aromatic nitrogens is 2. The van der Waals surface area contributed by atoms with Crippen molar-refractivity contribution in [1.82, 2.24) is 14.7 Å². The van der Waals surface area contributed by atoms with Crippen LogP contribution in [0.15, 0.2) is 12.3 Å². The molecule has 0 spiro atoms. The van der Waals surface area contributed by atoms with E-state index < -0.39 is 0 Å². The van der Waals surface area contributed by atoms with Crippen LogP contribution in [0.2, 0.25) is 0 Å². The molecule has 0 N–H and O–H groups in total. The minimum absolute atomic E-state index is 0.669. The zero-order valence-electron chi connectivity index (χ0n) is 11.6. The van der Waals surface area contributed by atoms with Gasteiger partial charge >= 0.3 is 0 Å². The van der Waals surface area contributed by atoms with Crippen LogP contribution in [0.3, 0.4) is 0 Å². The Labute approximate surface area is 124 Å². The minimum atomic E-state index is 0.669. The lowest BCUT2D eigenvalue weighted by molar-refractivity contribution is 0.126. The molecule has 1 aromatic heterocycles. The number of alkyl halides is 1. The van der Waals surface area contributed by atoms with Crippen molar-refractivity contribution in [3.63, 3.8) is 0 Å². The van der Waals surface area contributed by atoms with Gasteiger partial charge in [0.15, 0.2) is 0 Å². The fourth-order valence-electron chi connectivity index (χ4n) is 3.29. The van der Waals surface area contributed by atoms with Crippen molar-refractivity contribution in [3.05, 3.63) is 18.0 Å². The SMILES string of the molecule is BrCCN(Cc1ccn(C2CCCC2)n1)C1CCC1. The number of halogens is 1. The summed E-state index contributed by atoms with van der Waals surface area (Å²) in [6.07, 6.45) is 11.7. The van der Waals surface area contributed by atoms with Gasteiger partial charge in [-0.1, -0.05) is 35.2 Å². The Hall–Kier alpha value is -0.350. The molecule has 0 amide bonds. The first kappa shape index (κ1) is 13.6. The molecule has 4 heteroatoms. The van der Waals surface area contributed by atoms with E-state index in [0.29, 0.717) is 6.04 Å². The summed E-state index contributed by atoms with van der Waals surface area (Å²) in [7, 11) is 0. The van der Waals surface area contributed by atoms with Crippen LogP contribution in [-0.2, 0) is 6.54 Å². The van der Waals surface area contributed by atoms with E-state index in [1.54, 1.807) is 0 Å². The van der Waals surface area contributed by atoms with Gasteiger partial charge in [0.2, 0.25) is 0 Å². The van der Waals surface area contributed by atoms with E-state index in [0.717, 1.165) is 24.5 Å². The average molecular weight is 326 g/mol. The van der Waals surface area contributed by atoms with Crippen LogP contribution >= 0.6 is 15.9 Å². The van der Waals surface area contributed by atoms with Crippen LogP contribution in [0.5, 0.6) is 0 Å². The maximum absolute atomic E-state index is 4.81. The highest BCUT2D eigenvalue weighted by molar-refractivity contribution is 9.09. The zero-order valence-corrected chi connectivity index (χ0v) is 13.2. The standard InChI is InChI=1S/C15H24BrN3/c16-9-11-18(14-6-3-7-14)12-13-8-10-19(17-13)15-4-1-2-5-15/h8,10,14-15H,1-7,9,11-12H2. The Bertz CT molecular complexity index is 394. The van der Waals surface area contributed by atoms with Crippen LogP contribution in [0, 0.1) is 0 Å². The van der Waals surface area contributed by atoms with Gasteiger partial charge in [0.1, 0.15) is 0 Å². The first-order valence-corrected chi connectivity index (χ1v) is 8.83. The maximum Gasteiger partial charge on any atom is 0.0765 e. The molecule has 3 rings (SSSR count). The molecule has 106 valence electrons. The molecule has 2 aliphatic carbocycles. The Morgan fingerprint density at radius 3 is 2.63 bits per heavy atom. The van der Waals surface area contributed by atoms with Crippen molar-refractivity contribution in [1.29, 1.82) is 0 Å². The second-order valence-electron chi connectivity index (χ2n) is 5.97. The van der Waals surface area contributed by atoms with Gasteiger partial charge in [-0.15, -0.1) is 0 Å². The Morgan fingerprint density at radius 2 is 2.00 bits per heavy atom. The fourth-order valence-corrected chi connectivity index (χ4v) is 3.75. The summed E-state index contributed by atoms with van der Waals surface area (Å²) in [6.45, 7) is 2.16. The lowest BCUT2D eigenvalue weighted by Gasteiger charge is -2.36. The molecule has 0 bridgehead atoms. The summed E-state index contributed by atoms with van der Waals surface area (Å²) in [5.74, 6) is 0. The van der Waals surface area contributed by atoms with Crippen molar-refractivity contribution in [2.75, 3.05) is 11.9 Å². The molecule has 2 saturated carbocycles. The smallest absolute Gasteiger partial charge is 0.0765 e. The lowest BCUT2D eigenvalue weighted by atomic mass is 9.91. The highest BCUT2D eigenvalue weighted by Crippen LogP contribution is 2.29. The number of hydrogen-bond donors (Lipinski definition) is 0. The molecular formula is C15H24BrN3. The van der Waals surface area contributed by atoms with Crippen molar-refractivity contribution >= 4 is 15.9 Å². The molecule has 1 heterocycles. The van der Waals surface area contributed by atoms with Gasteiger partial charge < -0.3 is 0 Å². The highest BCUT2D eigenvalue weighted by Gasteiger charge is 2.25. The maximum atomic E-state index is 4.81. The van der Waals surface area contributed by atoms with Gasteiger partial charge in [-0.05, 0) is 31.7 Å². The molecule has 0 unspecified atom stereocenters. The molecule has 0 aliphatic heterocycles.